The number of aliphatic hydroxyl groups excluding tert-OH is 1. The van der Waals surface area contributed by atoms with Crippen LogP contribution in [0.1, 0.15) is 37.5 Å². The molecule has 1 fully saturated rings. The van der Waals surface area contributed by atoms with Gasteiger partial charge in [0, 0.05) is 21.6 Å². The van der Waals surface area contributed by atoms with Crippen molar-refractivity contribution in [1.29, 1.82) is 0 Å². The largest absolute Gasteiger partial charge is 0.497 e. The maximum atomic E-state index is 13.9. The molecule has 4 rings (SSSR count). The fraction of sp³-hybridized carbons (Fsp3) is 0.364. The highest BCUT2D eigenvalue weighted by Crippen LogP contribution is 2.67. The molecule has 0 spiro atoms. The van der Waals surface area contributed by atoms with Crippen LogP contribution in [0.15, 0.2) is 58.3 Å². The van der Waals surface area contributed by atoms with E-state index in [0.717, 1.165) is 20.9 Å². The molecule has 0 aromatic heterocycles. The van der Waals surface area contributed by atoms with Gasteiger partial charge in [-0.3, -0.25) is 4.57 Å². The summed E-state index contributed by atoms with van der Waals surface area (Å²) in [6, 6.07) is 15.1. The summed E-state index contributed by atoms with van der Waals surface area (Å²) in [6.45, 7) is 4.74. The zero-order valence-corrected chi connectivity index (χ0v) is 18.5. The highest BCUT2D eigenvalue weighted by Gasteiger charge is 2.42. The van der Waals surface area contributed by atoms with Crippen LogP contribution in [-0.2, 0) is 13.6 Å². The molecule has 0 bridgehead atoms. The summed E-state index contributed by atoms with van der Waals surface area (Å²) in [5.41, 5.74) is 1.44. The van der Waals surface area contributed by atoms with Crippen molar-refractivity contribution in [2.24, 2.45) is 5.41 Å². The number of fused-ring (bicyclic) bond motifs is 1. The van der Waals surface area contributed by atoms with Crippen LogP contribution in [0.3, 0.4) is 0 Å². The fourth-order valence-corrected chi connectivity index (χ4v) is 7.30. The van der Waals surface area contributed by atoms with Crippen molar-refractivity contribution < 1.29 is 23.5 Å². The van der Waals surface area contributed by atoms with E-state index in [1.54, 1.807) is 7.11 Å². The van der Waals surface area contributed by atoms with Gasteiger partial charge in [0.2, 0.25) is 0 Å². The van der Waals surface area contributed by atoms with E-state index < -0.39 is 13.7 Å². The molecule has 2 aliphatic rings. The first-order chi connectivity index (χ1) is 13.8. The lowest BCUT2D eigenvalue weighted by Gasteiger charge is -2.36. The van der Waals surface area contributed by atoms with E-state index in [1.165, 1.54) is 11.8 Å². The lowest BCUT2D eigenvalue weighted by molar-refractivity contribution is 0.0467. The number of ether oxygens (including phenoxy) is 1. The molecular formula is C22H25O5PS. The van der Waals surface area contributed by atoms with E-state index in [0.29, 0.717) is 30.7 Å². The maximum Gasteiger partial charge on any atom is 0.362 e. The molecule has 2 aliphatic heterocycles. The summed E-state index contributed by atoms with van der Waals surface area (Å²) < 4.78 is 30.9. The summed E-state index contributed by atoms with van der Waals surface area (Å²) in [5.74, 6) is 0.713. The predicted octanol–water partition coefficient (Wildman–Crippen LogP) is 5.86. The molecule has 1 unspecified atom stereocenters. The quantitative estimate of drug-likeness (QED) is 0.613. The van der Waals surface area contributed by atoms with E-state index in [-0.39, 0.29) is 5.41 Å². The molecule has 29 heavy (non-hydrogen) atoms. The van der Waals surface area contributed by atoms with Crippen molar-refractivity contribution in [2.75, 3.05) is 20.3 Å². The second-order valence-corrected chi connectivity index (χ2v) is 11.2. The van der Waals surface area contributed by atoms with Crippen molar-refractivity contribution in [3.8, 4) is 5.75 Å². The van der Waals surface area contributed by atoms with Crippen LogP contribution in [-0.4, -0.2) is 25.4 Å². The van der Waals surface area contributed by atoms with Gasteiger partial charge in [-0.15, -0.1) is 0 Å². The topological polar surface area (TPSA) is 65.0 Å². The molecule has 7 heteroatoms. The van der Waals surface area contributed by atoms with Gasteiger partial charge in [0.1, 0.15) is 5.75 Å². The van der Waals surface area contributed by atoms with Crippen LogP contribution in [0.2, 0.25) is 0 Å². The number of aliphatic hydroxyl groups is 1. The second-order valence-electron chi connectivity index (χ2n) is 8.07. The average Bonchev–Trinajstić information content (AvgIpc) is 2.71. The predicted molar refractivity (Wildman–Crippen MR) is 115 cm³/mol. The number of rotatable bonds is 3. The Balaban J connectivity index is 1.83. The third kappa shape index (κ3) is 4.18. The van der Waals surface area contributed by atoms with Gasteiger partial charge >= 0.3 is 7.60 Å². The van der Waals surface area contributed by atoms with Crippen LogP contribution in [0, 0.1) is 5.41 Å². The Morgan fingerprint density at radius 1 is 1.14 bits per heavy atom. The van der Waals surface area contributed by atoms with E-state index in [9.17, 15) is 9.67 Å². The average molecular weight is 432 g/mol. The minimum atomic E-state index is -3.55. The van der Waals surface area contributed by atoms with E-state index in [1.807, 2.05) is 62.4 Å². The standard InChI is InChI=1S/C22H25O5PS/c1-22(2)13-26-28(24,27-14-22)21(15-8-10-16(25-3)11-9-15)20-12-18(23)17-6-4-5-7-19(17)29-20/h4-11,18,23H,12-14H2,1-3H3/b21-20+. The Bertz CT molecular complexity index is 969. The summed E-state index contributed by atoms with van der Waals surface area (Å²) in [6.07, 6.45) is -0.299. The van der Waals surface area contributed by atoms with Gasteiger partial charge < -0.3 is 18.9 Å². The molecular weight excluding hydrogens is 407 g/mol. The first-order valence-corrected chi connectivity index (χ1v) is 11.9. The van der Waals surface area contributed by atoms with Gasteiger partial charge in [-0.1, -0.05) is 55.9 Å². The molecule has 154 valence electrons. The Hall–Kier alpha value is -1.56. The minimum Gasteiger partial charge on any atom is -0.497 e. The molecule has 1 atom stereocenters. The van der Waals surface area contributed by atoms with E-state index >= 15 is 0 Å². The van der Waals surface area contributed by atoms with Gasteiger partial charge in [0.15, 0.2) is 0 Å². The molecule has 2 heterocycles. The maximum absolute atomic E-state index is 13.9. The van der Waals surface area contributed by atoms with Crippen LogP contribution in [0.4, 0.5) is 0 Å². The van der Waals surface area contributed by atoms with Gasteiger partial charge in [-0.2, -0.15) is 0 Å². The Kier molecular flexibility index (Phi) is 5.66. The van der Waals surface area contributed by atoms with Crippen LogP contribution in [0.5, 0.6) is 5.75 Å². The number of benzene rings is 2. The lowest BCUT2D eigenvalue weighted by Crippen LogP contribution is -2.29. The Morgan fingerprint density at radius 3 is 2.45 bits per heavy atom. The van der Waals surface area contributed by atoms with Crippen LogP contribution < -0.4 is 4.74 Å². The molecule has 1 saturated heterocycles. The molecule has 0 saturated carbocycles. The molecule has 0 amide bonds. The number of hydrogen-bond acceptors (Lipinski definition) is 6. The van der Waals surface area contributed by atoms with Crippen LogP contribution in [0.25, 0.3) is 5.31 Å². The van der Waals surface area contributed by atoms with E-state index in [2.05, 4.69) is 0 Å². The number of thioether (sulfide) groups is 1. The highest BCUT2D eigenvalue weighted by molar-refractivity contribution is 8.03. The van der Waals surface area contributed by atoms with Crippen molar-refractivity contribution in [1.82, 2.24) is 0 Å². The Morgan fingerprint density at radius 2 is 1.79 bits per heavy atom. The zero-order chi connectivity index (χ0) is 20.6. The second kappa shape index (κ2) is 7.93. The van der Waals surface area contributed by atoms with Gasteiger partial charge in [0.25, 0.3) is 0 Å². The molecule has 0 aliphatic carbocycles. The lowest BCUT2D eigenvalue weighted by atomic mass is 9.97. The summed E-state index contributed by atoms with van der Waals surface area (Å²) in [4.78, 5) is 1.76. The fourth-order valence-electron chi connectivity index (χ4n) is 3.40. The van der Waals surface area contributed by atoms with Crippen molar-refractivity contribution in [2.45, 2.75) is 31.3 Å². The number of hydrogen-bond donors (Lipinski definition) is 1. The van der Waals surface area contributed by atoms with Gasteiger partial charge in [0.05, 0.1) is 31.7 Å². The zero-order valence-electron chi connectivity index (χ0n) is 16.8. The first kappa shape index (κ1) is 20.7. The van der Waals surface area contributed by atoms with Crippen molar-refractivity contribution in [3.05, 3.63) is 64.6 Å². The normalized spacial score (nSPS) is 24.5. The monoisotopic (exact) mass is 432 g/mol. The summed E-state index contributed by atoms with van der Waals surface area (Å²) in [5, 5.41) is 11.3. The third-order valence-corrected chi connectivity index (χ3v) is 8.42. The SMILES string of the molecule is COc1ccc(/C(=C2/CC(O)c3ccccc3S2)P2(=O)OCC(C)(C)CO2)cc1. The highest BCUT2D eigenvalue weighted by atomic mass is 32.2. The molecule has 1 N–H and O–H groups in total. The van der Waals surface area contributed by atoms with Gasteiger partial charge in [-0.25, -0.2) is 0 Å². The summed E-state index contributed by atoms with van der Waals surface area (Å²) in [7, 11) is -1.94. The first-order valence-electron chi connectivity index (χ1n) is 9.53. The molecule has 2 aromatic carbocycles. The Labute approximate surface area is 175 Å². The number of methoxy groups -OCH3 is 1. The molecule has 0 radical (unpaired) electrons. The third-order valence-electron chi connectivity index (χ3n) is 5.04. The van der Waals surface area contributed by atoms with Gasteiger partial charge in [-0.05, 0) is 29.3 Å². The smallest absolute Gasteiger partial charge is 0.362 e. The minimum absolute atomic E-state index is 0.199. The van der Waals surface area contributed by atoms with Crippen LogP contribution >= 0.6 is 19.4 Å². The van der Waals surface area contributed by atoms with Crippen molar-refractivity contribution >= 4 is 24.7 Å². The summed E-state index contributed by atoms with van der Waals surface area (Å²) >= 11 is 1.52. The van der Waals surface area contributed by atoms with Crippen molar-refractivity contribution in [3.63, 3.8) is 0 Å². The molecule has 2 aromatic rings. The molecule has 5 nitrogen and oxygen atoms in total. The van der Waals surface area contributed by atoms with E-state index in [4.69, 9.17) is 13.8 Å².